The zero-order valence-corrected chi connectivity index (χ0v) is 9.72. The fraction of sp³-hybridized carbons (Fsp3) is 0.0667. The maximum absolute atomic E-state index is 4.25. The van der Waals surface area contributed by atoms with E-state index in [4.69, 9.17) is 0 Å². The van der Waals surface area contributed by atoms with Crippen molar-refractivity contribution in [3.05, 3.63) is 61.1 Å². The van der Waals surface area contributed by atoms with Crippen LogP contribution in [0.5, 0.6) is 0 Å². The van der Waals surface area contributed by atoms with Crippen molar-refractivity contribution < 1.29 is 0 Å². The number of rotatable bonds is 1. The third-order valence-electron chi connectivity index (χ3n) is 3.01. The van der Waals surface area contributed by atoms with Crippen LogP contribution in [0.25, 0.3) is 22.0 Å². The lowest BCUT2D eigenvalue weighted by Crippen LogP contribution is -1.89. The SMILES string of the molecule is [CH2]c1cccc(-c2ccc3cnn(C)c3c2)c1. The van der Waals surface area contributed by atoms with Gasteiger partial charge in [-0.25, -0.2) is 0 Å². The molecule has 2 heteroatoms. The standard InChI is InChI=1S/C15H13N2/c1-11-4-3-5-12(8-11)13-6-7-14-10-16-17(2)15(14)9-13/h3-10H,1H2,2H3. The van der Waals surface area contributed by atoms with Crippen molar-refractivity contribution in [1.29, 1.82) is 0 Å². The Hall–Kier alpha value is -2.09. The molecule has 3 aromatic rings. The minimum atomic E-state index is 1.03. The van der Waals surface area contributed by atoms with E-state index in [0.29, 0.717) is 0 Å². The van der Waals surface area contributed by atoms with E-state index in [0.717, 1.165) is 11.1 Å². The van der Waals surface area contributed by atoms with Crippen molar-refractivity contribution in [2.75, 3.05) is 0 Å². The molecule has 1 heterocycles. The van der Waals surface area contributed by atoms with Gasteiger partial charge in [-0.2, -0.15) is 5.10 Å². The van der Waals surface area contributed by atoms with Gasteiger partial charge in [0.2, 0.25) is 0 Å². The van der Waals surface area contributed by atoms with Crippen molar-refractivity contribution in [2.45, 2.75) is 0 Å². The molecule has 0 saturated carbocycles. The van der Waals surface area contributed by atoms with Gasteiger partial charge in [-0.3, -0.25) is 4.68 Å². The smallest absolute Gasteiger partial charge is 0.0685 e. The lowest BCUT2D eigenvalue weighted by Gasteiger charge is -2.03. The highest BCUT2D eigenvalue weighted by Gasteiger charge is 2.02. The summed E-state index contributed by atoms with van der Waals surface area (Å²) < 4.78 is 1.90. The van der Waals surface area contributed by atoms with Gasteiger partial charge in [-0.1, -0.05) is 36.4 Å². The highest BCUT2D eigenvalue weighted by atomic mass is 15.2. The topological polar surface area (TPSA) is 17.8 Å². The van der Waals surface area contributed by atoms with Crippen LogP contribution < -0.4 is 0 Å². The Morgan fingerprint density at radius 3 is 2.71 bits per heavy atom. The fourth-order valence-electron chi connectivity index (χ4n) is 2.07. The van der Waals surface area contributed by atoms with Crippen molar-refractivity contribution >= 4 is 10.9 Å². The number of aryl methyl sites for hydroxylation is 1. The lowest BCUT2D eigenvalue weighted by atomic mass is 10.0. The highest BCUT2D eigenvalue weighted by molar-refractivity contribution is 5.84. The van der Waals surface area contributed by atoms with Gasteiger partial charge in [-0.15, -0.1) is 0 Å². The van der Waals surface area contributed by atoms with Crippen molar-refractivity contribution in [2.24, 2.45) is 7.05 Å². The third kappa shape index (κ3) is 1.72. The third-order valence-corrected chi connectivity index (χ3v) is 3.01. The second-order valence-corrected chi connectivity index (χ2v) is 4.24. The molecule has 0 fully saturated rings. The average Bonchev–Trinajstić information content (AvgIpc) is 2.71. The second-order valence-electron chi connectivity index (χ2n) is 4.24. The summed E-state index contributed by atoms with van der Waals surface area (Å²) in [6, 6.07) is 14.6. The summed E-state index contributed by atoms with van der Waals surface area (Å²) in [6.07, 6.45) is 1.89. The van der Waals surface area contributed by atoms with Gasteiger partial charge < -0.3 is 0 Å². The number of hydrogen-bond donors (Lipinski definition) is 0. The molecule has 1 aromatic heterocycles. The molecule has 3 rings (SSSR count). The van der Waals surface area contributed by atoms with E-state index in [1.165, 1.54) is 16.5 Å². The van der Waals surface area contributed by atoms with E-state index in [1.54, 1.807) is 0 Å². The average molecular weight is 221 g/mol. The summed E-state index contributed by atoms with van der Waals surface area (Å²) in [4.78, 5) is 0. The molecule has 2 aromatic carbocycles. The van der Waals surface area contributed by atoms with E-state index in [9.17, 15) is 0 Å². The van der Waals surface area contributed by atoms with Crippen LogP contribution in [0.4, 0.5) is 0 Å². The van der Waals surface area contributed by atoms with Crippen molar-refractivity contribution in [1.82, 2.24) is 9.78 Å². The minimum Gasteiger partial charge on any atom is -0.268 e. The van der Waals surface area contributed by atoms with Gasteiger partial charge in [0.1, 0.15) is 0 Å². The Kier molecular flexibility index (Phi) is 2.22. The van der Waals surface area contributed by atoms with Gasteiger partial charge in [-0.05, 0) is 29.7 Å². The van der Waals surface area contributed by atoms with Crippen LogP contribution in [0.3, 0.4) is 0 Å². The minimum absolute atomic E-state index is 1.03. The van der Waals surface area contributed by atoms with Gasteiger partial charge >= 0.3 is 0 Å². The summed E-state index contributed by atoms with van der Waals surface area (Å²) in [5, 5.41) is 5.42. The lowest BCUT2D eigenvalue weighted by molar-refractivity contribution is 0.797. The normalized spacial score (nSPS) is 10.9. The summed E-state index contributed by atoms with van der Waals surface area (Å²) in [7, 11) is 1.96. The first kappa shape index (κ1) is 10.1. The first-order chi connectivity index (χ1) is 8.24. The largest absolute Gasteiger partial charge is 0.268 e. The molecule has 0 bridgehead atoms. The summed E-state index contributed by atoms with van der Waals surface area (Å²) in [5.41, 5.74) is 4.58. The Labute approximate surface area is 101 Å². The molecule has 0 unspecified atom stereocenters. The number of nitrogens with zero attached hydrogens (tertiary/aromatic N) is 2. The van der Waals surface area contributed by atoms with Crippen LogP contribution in [0.1, 0.15) is 5.56 Å². The molecular formula is C15H13N2. The van der Waals surface area contributed by atoms with E-state index in [-0.39, 0.29) is 0 Å². The monoisotopic (exact) mass is 221 g/mol. The number of benzene rings is 2. The molecule has 0 aliphatic heterocycles. The van der Waals surface area contributed by atoms with Crippen molar-refractivity contribution in [3.63, 3.8) is 0 Å². The second kappa shape index (κ2) is 3.74. The predicted octanol–water partition coefficient (Wildman–Crippen LogP) is 3.42. The number of aromatic nitrogens is 2. The van der Waals surface area contributed by atoms with Gasteiger partial charge in [0.25, 0.3) is 0 Å². The quantitative estimate of drug-likeness (QED) is 0.615. The Bertz CT molecular complexity index is 680. The Balaban J connectivity index is 2.20. The van der Waals surface area contributed by atoms with E-state index < -0.39 is 0 Å². The maximum Gasteiger partial charge on any atom is 0.0685 e. The summed E-state index contributed by atoms with van der Waals surface area (Å²) >= 11 is 0. The molecule has 0 N–H and O–H groups in total. The summed E-state index contributed by atoms with van der Waals surface area (Å²) in [6.45, 7) is 3.96. The molecule has 0 saturated heterocycles. The van der Waals surface area contributed by atoms with Crippen LogP contribution in [-0.2, 0) is 7.05 Å². The van der Waals surface area contributed by atoms with Gasteiger partial charge in [0, 0.05) is 12.4 Å². The first-order valence-electron chi connectivity index (χ1n) is 5.58. The zero-order chi connectivity index (χ0) is 11.8. The maximum atomic E-state index is 4.25. The van der Waals surface area contributed by atoms with Crippen LogP contribution in [0.2, 0.25) is 0 Å². The van der Waals surface area contributed by atoms with Crippen LogP contribution in [0.15, 0.2) is 48.7 Å². The predicted molar refractivity (Wildman–Crippen MR) is 70.6 cm³/mol. The summed E-state index contributed by atoms with van der Waals surface area (Å²) in [5.74, 6) is 0. The molecule has 17 heavy (non-hydrogen) atoms. The molecule has 0 spiro atoms. The van der Waals surface area contributed by atoms with Crippen molar-refractivity contribution in [3.8, 4) is 11.1 Å². The van der Waals surface area contributed by atoms with E-state index in [1.807, 2.05) is 30.1 Å². The molecule has 0 amide bonds. The first-order valence-corrected chi connectivity index (χ1v) is 5.58. The fourth-order valence-corrected chi connectivity index (χ4v) is 2.07. The Morgan fingerprint density at radius 2 is 1.88 bits per heavy atom. The highest BCUT2D eigenvalue weighted by Crippen LogP contribution is 2.24. The van der Waals surface area contributed by atoms with Crippen LogP contribution >= 0.6 is 0 Å². The molecule has 1 radical (unpaired) electrons. The zero-order valence-electron chi connectivity index (χ0n) is 9.72. The van der Waals surface area contributed by atoms with Crippen LogP contribution in [0, 0.1) is 6.92 Å². The van der Waals surface area contributed by atoms with E-state index >= 15 is 0 Å². The molecule has 0 aliphatic rings. The Morgan fingerprint density at radius 1 is 1.06 bits per heavy atom. The number of fused-ring (bicyclic) bond motifs is 1. The van der Waals surface area contributed by atoms with Crippen LogP contribution in [-0.4, -0.2) is 9.78 Å². The molecule has 2 nitrogen and oxygen atoms in total. The van der Waals surface area contributed by atoms with E-state index in [2.05, 4.69) is 42.4 Å². The molecule has 0 atom stereocenters. The van der Waals surface area contributed by atoms with Gasteiger partial charge in [0.05, 0.1) is 11.7 Å². The molecular weight excluding hydrogens is 208 g/mol. The molecule has 0 aliphatic carbocycles. The number of hydrogen-bond acceptors (Lipinski definition) is 1. The van der Waals surface area contributed by atoms with Gasteiger partial charge in [0.15, 0.2) is 0 Å². The molecule has 83 valence electrons.